The molecule has 0 aliphatic carbocycles. The fourth-order valence-electron chi connectivity index (χ4n) is 3.52. The van der Waals surface area contributed by atoms with Crippen molar-refractivity contribution >= 4 is 11.0 Å². The number of aromatic amines is 1. The number of alkyl halides is 3. The predicted octanol–water partition coefficient (Wildman–Crippen LogP) is 4.15. The van der Waals surface area contributed by atoms with Crippen LogP contribution >= 0.6 is 0 Å². The number of hydrogen-bond donors (Lipinski definition) is 1. The summed E-state index contributed by atoms with van der Waals surface area (Å²) in [5.41, 5.74) is -0.555. The largest absolute Gasteiger partial charge is 0.473 e. The molecule has 4 rings (SSSR count). The molecule has 1 N–H and O–H groups in total. The average molecular weight is 393 g/mol. The Labute approximate surface area is 161 Å². The molecule has 3 aromatic rings. The van der Waals surface area contributed by atoms with Gasteiger partial charge in [0, 0.05) is 25.6 Å². The summed E-state index contributed by atoms with van der Waals surface area (Å²) in [6, 6.07) is 5.61. The molecular formula is C19H22F3N5O. The van der Waals surface area contributed by atoms with Crippen LogP contribution in [0.25, 0.3) is 22.4 Å². The Morgan fingerprint density at radius 1 is 1.32 bits per heavy atom. The van der Waals surface area contributed by atoms with E-state index in [1.54, 1.807) is 12.1 Å². The minimum absolute atomic E-state index is 0. The first-order chi connectivity index (χ1) is 13.5. The third-order valence-corrected chi connectivity index (χ3v) is 4.94. The molecule has 0 bridgehead atoms. The van der Waals surface area contributed by atoms with Gasteiger partial charge in [0.15, 0.2) is 5.65 Å². The number of aromatic nitrogens is 4. The van der Waals surface area contributed by atoms with Crippen LogP contribution in [0.5, 0.6) is 5.88 Å². The number of likely N-dealkylation sites (N-methyl/N-ethyl adjacent to an activating group) is 1. The van der Waals surface area contributed by atoms with Crippen molar-refractivity contribution in [2.75, 3.05) is 19.6 Å². The van der Waals surface area contributed by atoms with Crippen LogP contribution in [0.2, 0.25) is 0 Å². The van der Waals surface area contributed by atoms with E-state index in [9.17, 15) is 13.2 Å². The topological polar surface area (TPSA) is 66.9 Å². The van der Waals surface area contributed by atoms with Crippen molar-refractivity contribution in [3.8, 4) is 17.3 Å². The van der Waals surface area contributed by atoms with Crippen LogP contribution in [0.3, 0.4) is 0 Å². The van der Waals surface area contributed by atoms with Gasteiger partial charge in [0.25, 0.3) is 0 Å². The van der Waals surface area contributed by atoms with Gasteiger partial charge in [-0.1, -0.05) is 6.92 Å². The molecule has 3 aromatic heterocycles. The van der Waals surface area contributed by atoms with E-state index in [4.69, 9.17) is 4.74 Å². The molecule has 0 spiro atoms. The molecule has 1 unspecified atom stereocenters. The Hall–Kier alpha value is -2.68. The van der Waals surface area contributed by atoms with Gasteiger partial charge in [-0.3, -0.25) is 10.00 Å². The van der Waals surface area contributed by atoms with Gasteiger partial charge < -0.3 is 4.74 Å². The first kappa shape index (κ1) is 18.7. The molecule has 1 aliphatic rings. The summed E-state index contributed by atoms with van der Waals surface area (Å²) >= 11 is 0. The second-order valence-corrected chi connectivity index (χ2v) is 6.79. The monoisotopic (exact) mass is 393 g/mol. The molecule has 1 atom stereocenters. The molecule has 0 radical (unpaired) electrons. The van der Waals surface area contributed by atoms with Gasteiger partial charge in [0.2, 0.25) is 5.88 Å². The average Bonchev–Trinajstić information content (AvgIpc) is 3.11. The van der Waals surface area contributed by atoms with Gasteiger partial charge in [-0.15, -0.1) is 0 Å². The minimum atomic E-state index is -4.55. The van der Waals surface area contributed by atoms with Gasteiger partial charge in [-0.05, 0) is 44.1 Å². The maximum Gasteiger partial charge on any atom is 0.418 e. The Balaban J connectivity index is 0.00000240. The van der Waals surface area contributed by atoms with Gasteiger partial charge in [0.1, 0.15) is 11.8 Å². The summed E-state index contributed by atoms with van der Waals surface area (Å²) in [5, 5.41) is 7.12. The summed E-state index contributed by atoms with van der Waals surface area (Å²) in [5.74, 6) is 0.178. The number of hydrogen-bond acceptors (Lipinski definition) is 5. The van der Waals surface area contributed by atoms with Gasteiger partial charge in [0.05, 0.1) is 11.3 Å². The summed E-state index contributed by atoms with van der Waals surface area (Å²) in [6.45, 7) is 4.74. The van der Waals surface area contributed by atoms with Crippen LogP contribution in [0, 0.1) is 0 Å². The fourth-order valence-corrected chi connectivity index (χ4v) is 3.52. The maximum absolute atomic E-state index is 13.6. The normalized spacial score (nSPS) is 18.5. The fraction of sp³-hybridized carbons (Fsp3) is 0.421. The SMILES string of the molecule is CCN1CCCC(Oc2ccc(C(F)(F)F)c(-c3[nH]nc4ncccc34)n2)C1.[HH]. The summed E-state index contributed by atoms with van der Waals surface area (Å²) < 4.78 is 46.7. The van der Waals surface area contributed by atoms with Crippen molar-refractivity contribution in [3.63, 3.8) is 0 Å². The Kier molecular flexibility index (Phi) is 4.92. The first-order valence-electron chi connectivity index (χ1n) is 9.22. The Morgan fingerprint density at radius 2 is 2.18 bits per heavy atom. The maximum atomic E-state index is 13.6. The van der Waals surface area contributed by atoms with E-state index in [1.165, 1.54) is 12.3 Å². The highest BCUT2D eigenvalue weighted by Gasteiger charge is 2.36. The van der Waals surface area contributed by atoms with Crippen molar-refractivity contribution in [2.24, 2.45) is 0 Å². The Bertz CT molecular complexity index is 978. The van der Waals surface area contributed by atoms with E-state index in [1.807, 2.05) is 0 Å². The highest BCUT2D eigenvalue weighted by atomic mass is 19.4. The minimum Gasteiger partial charge on any atom is -0.473 e. The lowest BCUT2D eigenvalue weighted by atomic mass is 10.1. The zero-order valence-electron chi connectivity index (χ0n) is 15.3. The number of pyridine rings is 2. The number of halogens is 3. The van der Waals surface area contributed by atoms with Gasteiger partial charge in [-0.25, -0.2) is 9.97 Å². The van der Waals surface area contributed by atoms with E-state index >= 15 is 0 Å². The number of H-pyrrole nitrogens is 1. The summed E-state index contributed by atoms with van der Waals surface area (Å²) in [4.78, 5) is 10.5. The molecule has 0 saturated carbocycles. The molecule has 1 fully saturated rings. The van der Waals surface area contributed by atoms with Crippen molar-refractivity contribution in [2.45, 2.75) is 32.0 Å². The highest BCUT2D eigenvalue weighted by Crippen LogP contribution is 2.38. The van der Waals surface area contributed by atoms with Crippen molar-refractivity contribution in [1.29, 1.82) is 0 Å². The van der Waals surface area contributed by atoms with Crippen LogP contribution in [-0.4, -0.2) is 50.8 Å². The van der Waals surface area contributed by atoms with E-state index in [2.05, 4.69) is 32.0 Å². The van der Waals surface area contributed by atoms with Crippen LogP contribution < -0.4 is 4.74 Å². The Morgan fingerprint density at radius 3 is 2.96 bits per heavy atom. The lowest BCUT2D eigenvalue weighted by molar-refractivity contribution is -0.137. The molecule has 4 heterocycles. The van der Waals surface area contributed by atoms with Crippen LogP contribution in [0.4, 0.5) is 13.2 Å². The number of nitrogens with one attached hydrogen (secondary N) is 1. The summed E-state index contributed by atoms with van der Waals surface area (Å²) in [7, 11) is 0. The predicted molar refractivity (Wildman–Crippen MR) is 100.0 cm³/mol. The number of piperidine rings is 1. The van der Waals surface area contributed by atoms with E-state index in [0.717, 1.165) is 38.5 Å². The quantitative estimate of drug-likeness (QED) is 0.721. The number of ether oxygens (including phenoxy) is 1. The van der Waals surface area contributed by atoms with Crippen molar-refractivity contribution in [3.05, 3.63) is 36.0 Å². The van der Waals surface area contributed by atoms with E-state index in [0.29, 0.717) is 11.0 Å². The first-order valence-corrected chi connectivity index (χ1v) is 9.22. The molecule has 1 aliphatic heterocycles. The molecule has 1 saturated heterocycles. The zero-order valence-corrected chi connectivity index (χ0v) is 15.3. The third-order valence-electron chi connectivity index (χ3n) is 4.94. The van der Waals surface area contributed by atoms with E-state index in [-0.39, 0.29) is 24.8 Å². The molecule has 6 nitrogen and oxygen atoms in total. The lowest BCUT2D eigenvalue weighted by Crippen LogP contribution is -2.41. The second kappa shape index (κ2) is 7.38. The van der Waals surface area contributed by atoms with Crippen LogP contribution in [0.1, 0.15) is 26.8 Å². The third kappa shape index (κ3) is 3.66. The van der Waals surface area contributed by atoms with Crippen LogP contribution in [-0.2, 0) is 6.18 Å². The standard InChI is InChI=1S/C19H20F3N5O.H2/c1-2-27-10-4-5-12(11-27)28-15-8-7-14(19(20,21)22)17(24-15)16-13-6-3-9-23-18(13)26-25-16;/h3,6-9,12H,2,4-5,10-11H2,1H3,(H,23,25,26);1H. The van der Waals surface area contributed by atoms with Crippen molar-refractivity contribution < 1.29 is 19.3 Å². The van der Waals surface area contributed by atoms with Crippen LogP contribution in [0.15, 0.2) is 30.5 Å². The molecule has 9 heteroatoms. The number of fused-ring (bicyclic) bond motifs is 1. The highest BCUT2D eigenvalue weighted by molar-refractivity contribution is 5.90. The summed E-state index contributed by atoms with van der Waals surface area (Å²) in [6.07, 6.45) is -1.27. The zero-order chi connectivity index (χ0) is 19.7. The molecule has 150 valence electrons. The second-order valence-electron chi connectivity index (χ2n) is 6.79. The number of rotatable bonds is 4. The van der Waals surface area contributed by atoms with E-state index < -0.39 is 11.7 Å². The molecule has 0 amide bonds. The molecule has 0 aromatic carbocycles. The lowest BCUT2D eigenvalue weighted by Gasteiger charge is -2.31. The smallest absolute Gasteiger partial charge is 0.418 e. The number of nitrogens with zero attached hydrogens (tertiary/aromatic N) is 4. The molecule has 28 heavy (non-hydrogen) atoms. The molecular weight excluding hydrogens is 371 g/mol. The number of likely N-dealkylation sites (tertiary alicyclic amines) is 1. The van der Waals surface area contributed by atoms with Crippen molar-refractivity contribution in [1.82, 2.24) is 25.1 Å². The van der Waals surface area contributed by atoms with Gasteiger partial charge >= 0.3 is 6.18 Å². The van der Waals surface area contributed by atoms with Gasteiger partial charge in [-0.2, -0.15) is 18.3 Å².